The van der Waals surface area contributed by atoms with Crippen LogP contribution in [0.2, 0.25) is 5.28 Å². The van der Waals surface area contributed by atoms with Gasteiger partial charge in [0.05, 0.1) is 11.9 Å². The largest absolute Gasteiger partial charge is 0.396 e. The number of nitrogen functional groups attached to an aromatic ring is 1. The van der Waals surface area contributed by atoms with E-state index in [0.717, 1.165) is 19.4 Å². The van der Waals surface area contributed by atoms with Crippen LogP contribution in [0.3, 0.4) is 0 Å². The zero-order valence-corrected chi connectivity index (χ0v) is 11.0. The Morgan fingerprint density at radius 2 is 2.11 bits per heavy atom. The minimum Gasteiger partial charge on any atom is -0.396 e. The molecule has 5 nitrogen and oxygen atoms in total. The highest BCUT2D eigenvalue weighted by molar-refractivity contribution is 6.28. The van der Waals surface area contributed by atoms with Crippen LogP contribution >= 0.6 is 11.6 Å². The van der Waals surface area contributed by atoms with Gasteiger partial charge in [0, 0.05) is 13.2 Å². The molecule has 6 heteroatoms. The fourth-order valence-electron chi connectivity index (χ4n) is 2.53. The number of aromatic nitrogens is 2. The van der Waals surface area contributed by atoms with Gasteiger partial charge in [-0.05, 0) is 36.3 Å². The molecule has 0 aliphatic heterocycles. The lowest BCUT2D eigenvalue weighted by atomic mass is 9.79. The summed E-state index contributed by atoms with van der Waals surface area (Å²) in [7, 11) is 0. The Morgan fingerprint density at radius 3 is 2.83 bits per heavy atom. The third kappa shape index (κ3) is 3.23. The lowest BCUT2D eigenvalue weighted by molar-refractivity contribution is 0.141. The van der Waals surface area contributed by atoms with Crippen LogP contribution in [0.5, 0.6) is 0 Å². The average Bonchev–Trinajstić information content (AvgIpc) is 2.40. The van der Waals surface area contributed by atoms with Crippen LogP contribution in [0.4, 0.5) is 11.5 Å². The van der Waals surface area contributed by atoms with Gasteiger partial charge in [-0.25, -0.2) is 4.98 Å². The summed E-state index contributed by atoms with van der Waals surface area (Å²) in [6, 6.07) is 0. The topological polar surface area (TPSA) is 84.1 Å². The van der Waals surface area contributed by atoms with Crippen molar-refractivity contribution in [3.8, 4) is 0 Å². The van der Waals surface area contributed by atoms with Crippen molar-refractivity contribution in [1.29, 1.82) is 0 Å². The van der Waals surface area contributed by atoms with E-state index in [0.29, 0.717) is 23.3 Å². The van der Waals surface area contributed by atoms with Crippen LogP contribution < -0.4 is 11.1 Å². The second-order valence-corrected chi connectivity index (χ2v) is 5.15. The smallest absolute Gasteiger partial charge is 0.224 e. The number of nitrogens with one attached hydrogen (secondary N) is 1. The minimum absolute atomic E-state index is 0.189. The molecule has 1 aliphatic carbocycles. The number of halogens is 1. The summed E-state index contributed by atoms with van der Waals surface area (Å²) in [5, 5.41) is 12.8. The Morgan fingerprint density at radius 1 is 1.39 bits per heavy atom. The van der Waals surface area contributed by atoms with Crippen molar-refractivity contribution in [2.75, 3.05) is 24.2 Å². The molecule has 2 unspecified atom stereocenters. The van der Waals surface area contributed by atoms with Gasteiger partial charge in [-0.2, -0.15) is 4.98 Å². The van der Waals surface area contributed by atoms with Gasteiger partial charge in [0.1, 0.15) is 0 Å². The van der Waals surface area contributed by atoms with Gasteiger partial charge in [-0.3, -0.25) is 0 Å². The van der Waals surface area contributed by atoms with Crippen LogP contribution in [0.25, 0.3) is 0 Å². The molecule has 100 valence electrons. The highest BCUT2D eigenvalue weighted by Gasteiger charge is 2.24. The highest BCUT2D eigenvalue weighted by Crippen LogP contribution is 2.30. The number of hydrogen-bond donors (Lipinski definition) is 3. The van der Waals surface area contributed by atoms with Gasteiger partial charge >= 0.3 is 0 Å². The summed E-state index contributed by atoms with van der Waals surface area (Å²) in [6.45, 7) is 1.02. The summed E-state index contributed by atoms with van der Waals surface area (Å²) in [6.07, 6.45) is 6.17. The number of rotatable bonds is 4. The van der Waals surface area contributed by atoms with Gasteiger partial charge in [0.2, 0.25) is 5.28 Å². The zero-order valence-electron chi connectivity index (χ0n) is 10.3. The number of aliphatic hydroxyl groups excluding tert-OH is 1. The van der Waals surface area contributed by atoms with Crippen molar-refractivity contribution < 1.29 is 5.11 Å². The lowest BCUT2D eigenvalue weighted by Gasteiger charge is -2.30. The first-order valence-electron chi connectivity index (χ1n) is 6.33. The van der Waals surface area contributed by atoms with Gasteiger partial charge in [-0.15, -0.1) is 0 Å². The van der Waals surface area contributed by atoms with E-state index in [9.17, 15) is 5.11 Å². The van der Waals surface area contributed by atoms with E-state index in [-0.39, 0.29) is 11.9 Å². The molecular formula is C12H19ClN4O. The fourth-order valence-corrected chi connectivity index (χ4v) is 2.67. The molecule has 0 spiro atoms. The first-order valence-corrected chi connectivity index (χ1v) is 6.71. The maximum absolute atomic E-state index is 9.36. The van der Waals surface area contributed by atoms with E-state index in [1.54, 1.807) is 0 Å². The second kappa shape index (κ2) is 6.20. The molecular weight excluding hydrogens is 252 g/mol. The molecule has 1 aliphatic rings. The van der Waals surface area contributed by atoms with E-state index in [4.69, 9.17) is 17.3 Å². The summed E-state index contributed by atoms with van der Waals surface area (Å²) in [5.74, 6) is 1.43. The number of nitrogens with zero attached hydrogens (tertiary/aromatic N) is 2. The molecule has 1 fully saturated rings. The number of hydrogen-bond acceptors (Lipinski definition) is 5. The molecule has 0 amide bonds. The van der Waals surface area contributed by atoms with Crippen molar-refractivity contribution in [1.82, 2.24) is 9.97 Å². The Bertz CT molecular complexity index is 402. The van der Waals surface area contributed by atoms with E-state index < -0.39 is 0 Å². The third-order valence-electron chi connectivity index (χ3n) is 3.62. The van der Waals surface area contributed by atoms with Crippen LogP contribution in [0.15, 0.2) is 6.20 Å². The van der Waals surface area contributed by atoms with Crippen molar-refractivity contribution in [3.63, 3.8) is 0 Å². The fraction of sp³-hybridized carbons (Fsp3) is 0.667. The molecule has 1 aromatic heterocycles. The maximum Gasteiger partial charge on any atom is 0.224 e. The molecule has 18 heavy (non-hydrogen) atoms. The van der Waals surface area contributed by atoms with Gasteiger partial charge in [0.15, 0.2) is 5.82 Å². The molecule has 0 radical (unpaired) electrons. The lowest BCUT2D eigenvalue weighted by Crippen LogP contribution is -2.29. The normalized spacial score (nSPS) is 23.9. The Labute approximate surface area is 112 Å². The molecule has 0 aromatic carbocycles. The van der Waals surface area contributed by atoms with Crippen LogP contribution in [-0.4, -0.2) is 28.2 Å². The van der Waals surface area contributed by atoms with Gasteiger partial charge < -0.3 is 16.2 Å². The standard InChI is InChI=1S/C12H19ClN4O/c13-12-16-6-10(14)11(17-12)15-5-8-3-1-2-4-9(8)7-18/h6,8-9,18H,1-5,7,14H2,(H,15,16,17). The van der Waals surface area contributed by atoms with E-state index in [2.05, 4.69) is 15.3 Å². The summed E-state index contributed by atoms with van der Waals surface area (Å²) >= 11 is 5.74. The first-order chi connectivity index (χ1) is 8.70. The quantitative estimate of drug-likeness (QED) is 0.728. The average molecular weight is 271 g/mol. The number of aliphatic hydroxyl groups is 1. The highest BCUT2D eigenvalue weighted by atomic mass is 35.5. The SMILES string of the molecule is Nc1cnc(Cl)nc1NCC1CCCCC1CO. The van der Waals surface area contributed by atoms with Crippen LogP contribution in [-0.2, 0) is 0 Å². The van der Waals surface area contributed by atoms with E-state index in [1.165, 1.54) is 19.0 Å². The number of nitrogens with two attached hydrogens (primary N) is 1. The first kappa shape index (κ1) is 13.4. The van der Waals surface area contributed by atoms with Crippen LogP contribution in [0, 0.1) is 11.8 Å². The minimum atomic E-state index is 0.189. The molecule has 4 N–H and O–H groups in total. The predicted octanol–water partition coefficient (Wildman–Crippen LogP) is 1.92. The molecule has 0 saturated heterocycles. The molecule has 1 saturated carbocycles. The van der Waals surface area contributed by atoms with Crippen molar-refractivity contribution in [2.24, 2.45) is 11.8 Å². The summed E-state index contributed by atoms with van der Waals surface area (Å²) in [4.78, 5) is 7.88. The molecule has 1 heterocycles. The summed E-state index contributed by atoms with van der Waals surface area (Å²) < 4.78 is 0. The molecule has 1 aromatic rings. The van der Waals surface area contributed by atoms with E-state index >= 15 is 0 Å². The zero-order chi connectivity index (χ0) is 13.0. The predicted molar refractivity (Wildman–Crippen MR) is 72.5 cm³/mol. The Kier molecular flexibility index (Phi) is 4.60. The van der Waals surface area contributed by atoms with Gasteiger partial charge in [-0.1, -0.05) is 12.8 Å². The Hall–Kier alpha value is -1.07. The van der Waals surface area contributed by atoms with Crippen LogP contribution in [0.1, 0.15) is 25.7 Å². The second-order valence-electron chi connectivity index (χ2n) is 4.81. The van der Waals surface area contributed by atoms with Crippen molar-refractivity contribution in [2.45, 2.75) is 25.7 Å². The van der Waals surface area contributed by atoms with Crippen molar-refractivity contribution >= 4 is 23.1 Å². The Balaban J connectivity index is 1.95. The maximum atomic E-state index is 9.36. The number of anilines is 2. The summed E-state index contributed by atoms with van der Waals surface area (Å²) in [5.41, 5.74) is 6.27. The monoisotopic (exact) mass is 270 g/mol. The molecule has 2 rings (SSSR count). The van der Waals surface area contributed by atoms with Crippen molar-refractivity contribution in [3.05, 3.63) is 11.5 Å². The van der Waals surface area contributed by atoms with Gasteiger partial charge in [0.25, 0.3) is 0 Å². The molecule has 2 atom stereocenters. The third-order valence-corrected chi connectivity index (χ3v) is 3.80. The molecule has 0 bridgehead atoms. The van der Waals surface area contributed by atoms with E-state index in [1.807, 2.05) is 0 Å².